The first-order valence-electron chi connectivity index (χ1n) is 8.83. The molecule has 2 atom stereocenters. The molecule has 1 aromatic heterocycles. The molecule has 1 aromatic rings. The van der Waals surface area contributed by atoms with Gasteiger partial charge in [-0.2, -0.15) is 0 Å². The van der Waals surface area contributed by atoms with Gasteiger partial charge in [-0.25, -0.2) is 4.79 Å². The number of thiophene rings is 1. The van der Waals surface area contributed by atoms with E-state index >= 15 is 0 Å². The molecule has 2 heterocycles. The number of nitrogens with zero attached hydrogens (tertiary/aromatic N) is 1. The van der Waals surface area contributed by atoms with Gasteiger partial charge in [-0.1, -0.05) is 12.2 Å². The summed E-state index contributed by atoms with van der Waals surface area (Å²) in [6.07, 6.45) is 5.00. The van der Waals surface area contributed by atoms with Crippen molar-refractivity contribution in [2.45, 2.75) is 33.1 Å². The van der Waals surface area contributed by atoms with Gasteiger partial charge in [0.15, 0.2) is 0 Å². The van der Waals surface area contributed by atoms with E-state index in [1.165, 1.54) is 23.3 Å². The molecule has 1 fully saturated rings. The summed E-state index contributed by atoms with van der Waals surface area (Å²) in [5.41, 5.74) is 1.11. The summed E-state index contributed by atoms with van der Waals surface area (Å²) < 4.78 is 4.79. The maximum absolute atomic E-state index is 12.4. The highest BCUT2D eigenvalue weighted by Crippen LogP contribution is 2.35. The number of anilines is 1. The Morgan fingerprint density at radius 1 is 1.19 bits per heavy atom. The van der Waals surface area contributed by atoms with Crippen molar-refractivity contribution in [3.63, 3.8) is 0 Å². The van der Waals surface area contributed by atoms with Crippen molar-refractivity contribution < 1.29 is 23.9 Å². The predicted molar refractivity (Wildman–Crippen MR) is 100 cm³/mol. The monoisotopic (exact) mass is 390 g/mol. The lowest BCUT2D eigenvalue weighted by atomic mass is 9.85. The molecule has 1 saturated heterocycles. The average molecular weight is 390 g/mol. The van der Waals surface area contributed by atoms with E-state index in [1.54, 1.807) is 6.92 Å². The molecule has 0 saturated carbocycles. The molecular formula is C19H22N2O5S. The zero-order valence-corrected chi connectivity index (χ0v) is 16.4. The van der Waals surface area contributed by atoms with Crippen LogP contribution in [0.5, 0.6) is 0 Å². The molecule has 8 heteroatoms. The van der Waals surface area contributed by atoms with E-state index < -0.39 is 5.97 Å². The fourth-order valence-electron chi connectivity index (χ4n) is 3.55. The highest BCUT2D eigenvalue weighted by atomic mass is 32.1. The molecule has 7 nitrogen and oxygen atoms in total. The standard InChI is InChI=1S/C19H22N2O5S/c1-10-11(2)27-16(15(10)19(25)26-3)20-14(22)8-9-21-17(23)12-6-4-5-7-13(12)18(21)24/h4-5,12-13H,6-9H2,1-3H3,(H,20,22)/t12-,13-/m1/s1. The molecule has 0 unspecified atom stereocenters. The first-order chi connectivity index (χ1) is 12.8. The summed E-state index contributed by atoms with van der Waals surface area (Å²) in [7, 11) is 1.29. The number of likely N-dealkylation sites (tertiary alicyclic amines) is 1. The number of hydrogen-bond donors (Lipinski definition) is 1. The minimum absolute atomic E-state index is 0.0129. The molecule has 27 heavy (non-hydrogen) atoms. The van der Waals surface area contributed by atoms with E-state index in [4.69, 9.17) is 4.74 Å². The molecule has 3 rings (SSSR count). The first-order valence-corrected chi connectivity index (χ1v) is 9.65. The second-order valence-electron chi connectivity index (χ2n) is 6.76. The third kappa shape index (κ3) is 3.53. The van der Waals surface area contributed by atoms with Crippen LogP contribution in [-0.2, 0) is 19.1 Å². The van der Waals surface area contributed by atoms with Crippen LogP contribution in [-0.4, -0.2) is 42.2 Å². The van der Waals surface area contributed by atoms with Gasteiger partial charge in [-0.3, -0.25) is 19.3 Å². The molecule has 0 bridgehead atoms. The van der Waals surface area contributed by atoms with Gasteiger partial charge in [-0.15, -0.1) is 11.3 Å². The van der Waals surface area contributed by atoms with Crippen LogP contribution in [0.4, 0.5) is 5.00 Å². The van der Waals surface area contributed by atoms with E-state index in [2.05, 4.69) is 5.32 Å². The van der Waals surface area contributed by atoms with Crippen molar-refractivity contribution in [3.05, 3.63) is 28.2 Å². The molecule has 1 aliphatic carbocycles. The van der Waals surface area contributed by atoms with Gasteiger partial charge in [0.05, 0.1) is 24.5 Å². The molecule has 3 amide bonds. The largest absolute Gasteiger partial charge is 0.465 e. The summed E-state index contributed by atoms with van der Waals surface area (Å²) in [5, 5.41) is 3.15. The number of allylic oxidation sites excluding steroid dienone is 2. The second kappa shape index (κ2) is 7.64. The van der Waals surface area contributed by atoms with Crippen LogP contribution in [0.25, 0.3) is 0 Å². The van der Waals surface area contributed by atoms with Crippen LogP contribution >= 0.6 is 11.3 Å². The predicted octanol–water partition coefficient (Wildman–Crippen LogP) is 2.43. The van der Waals surface area contributed by atoms with Crippen molar-refractivity contribution in [1.82, 2.24) is 4.90 Å². The molecule has 1 N–H and O–H groups in total. The van der Waals surface area contributed by atoms with Gasteiger partial charge in [-0.05, 0) is 32.3 Å². The lowest BCUT2D eigenvalue weighted by molar-refractivity contribution is -0.140. The van der Waals surface area contributed by atoms with Crippen LogP contribution in [0.15, 0.2) is 12.2 Å². The maximum Gasteiger partial charge on any atom is 0.341 e. The molecule has 1 aliphatic heterocycles. The van der Waals surface area contributed by atoms with Gasteiger partial charge < -0.3 is 10.1 Å². The molecule has 0 spiro atoms. The quantitative estimate of drug-likeness (QED) is 0.474. The van der Waals surface area contributed by atoms with Crippen LogP contribution in [0.2, 0.25) is 0 Å². The highest BCUT2D eigenvalue weighted by molar-refractivity contribution is 7.16. The maximum atomic E-state index is 12.4. The van der Waals surface area contributed by atoms with Crippen molar-refractivity contribution in [2.75, 3.05) is 19.0 Å². The lowest BCUT2D eigenvalue weighted by Crippen LogP contribution is -2.34. The first kappa shape index (κ1) is 19.3. The molecular weight excluding hydrogens is 368 g/mol. The van der Waals surface area contributed by atoms with Gasteiger partial charge in [0.2, 0.25) is 17.7 Å². The molecule has 2 aliphatic rings. The van der Waals surface area contributed by atoms with E-state index in [0.717, 1.165) is 10.4 Å². The minimum Gasteiger partial charge on any atom is -0.465 e. The minimum atomic E-state index is -0.506. The number of fused-ring (bicyclic) bond motifs is 1. The van der Waals surface area contributed by atoms with Crippen LogP contribution < -0.4 is 5.32 Å². The number of esters is 1. The normalized spacial score (nSPS) is 21.4. The fraction of sp³-hybridized carbons (Fsp3) is 0.474. The van der Waals surface area contributed by atoms with Crippen LogP contribution in [0, 0.1) is 25.7 Å². The number of ether oxygens (including phenoxy) is 1. The van der Waals surface area contributed by atoms with Gasteiger partial charge in [0.1, 0.15) is 5.00 Å². The Balaban J connectivity index is 1.64. The Kier molecular flexibility index (Phi) is 5.46. The Labute approximate surface area is 161 Å². The van der Waals surface area contributed by atoms with Gasteiger partial charge in [0, 0.05) is 17.8 Å². The Morgan fingerprint density at radius 3 is 2.33 bits per heavy atom. The van der Waals surface area contributed by atoms with Crippen molar-refractivity contribution >= 4 is 40.0 Å². The SMILES string of the molecule is COC(=O)c1c(NC(=O)CCN2C(=O)[C@@H]3CC=CC[C@H]3C2=O)sc(C)c1C. The summed E-state index contributed by atoms with van der Waals surface area (Å²) in [6, 6.07) is 0. The summed E-state index contributed by atoms with van der Waals surface area (Å²) in [6.45, 7) is 3.71. The summed E-state index contributed by atoms with van der Waals surface area (Å²) in [4.78, 5) is 51.3. The second-order valence-corrected chi connectivity index (χ2v) is 7.99. The molecule has 0 radical (unpaired) electrons. The van der Waals surface area contributed by atoms with E-state index in [1.807, 2.05) is 19.1 Å². The number of rotatable bonds is 5. The zero-order chi connectivity index (χ0) is 19.7. The topological polar surface area (TPSA) is 92.8 Å². The lowest BCUT2D eigenvalue weighted by Gasteiger charge is -2.14. The number of aryl methyl sites for hydroxylation is 1. The molecule has 0 aromatic carbocycles. The van der Waals surface area contributed by atoms with Crippen LogP contribution in [0.3, 0.4) is 0 Å². The summed E-state index contributed by atoms with van der Waals surface area (Å²) >= 11 is 1.30. The van der Waals surface area contributed by atoms with Crippen molar-refractivity contribution in [1.29, 1.82) is 0 Å². The number of carbonyl (C=O) groups is 4. The Hall–Kier alpha value is -2.48. The number of carbonyl (C=O) groups excluding carboxylic acids is 4. The Morgan fingerprint density at radius 2 is 1.78 bits per heavy atom. The number of imide groups is 1. The zero-order valence-electron chi connectivity index (χ0n) is 15.5. The fourth-order valence-corrected chi connectivity index (χ4v) is 4.62. The molecule has 144 valence electrons. The number of hydrogen-bond acceptors (Lipinski definition) is 6. The smallest absolute Gasteiger partial charge is 0.341 e. The van der Waals surface area contributed by atoms with E-state index in [-0.39, 0.29) is 42.5 Å². The highest BCUT2D eigenvalue weighted by Gasteiger charge is 2.46. The van der Waals surface area contributed by atoms with Gasteiger partial charge >= 0.3 is 5.97 Å². The van der Waals surface area contributed by atoms with Gasteiger partial charge in [0.25, 0.3) is 0 Å². The van der Waals surface area contributed by atoms with Crippen molar-refractivity contribution in [2.24, 2.45) is 11.8 Å². The third-order valence-electron chi connectivity index (χ3n) is 5.19. The van der Waals surface area contributed by atoms with E-state index in [0.29, 0.717) is 23.4 Å². The third-order valence-corrected chi connectivity index (χ3v) is 6.31. The Bertz CT molecular complexity index is 815. The number of methoxy groups -OCH3 is 1. The van der Waals surface area contributed by atoms with E-state index in [9.17, 15) is 19.2 Å². The number of nitrogens with one attached hydrogen (secondary N) is 1. The van der Waals surface area contributed by atoms with Crippen LogP contribution in [0.1, 0.15) is 40.1 Å². The van der Waals surface area contributed by atoms with Crippen molar-refractivity contribution in [3.8, 4) is 0 Å². The number of amides is 3. The summed E-state index contributed by atoms with van der Waals surface area (Å²) in [5.74, 6) is -1.83. The average Bonchev–Trinajstić information content (AvgIpc) is 3.07.